The zero-order valence-corrected chi connectivity index (χ0v) is 8.87. The number of carboxylic acids is 1. The van der Waals surface area contributed by atoms with Crippen LogP contribution in [0.25, 0.3) is 0 Å². The van der Waals surface area contributed by atoms with E-state index in [0.717, 1.165) is 12.1 Å². The average molecular weight is 239 g/mol. The second-order valence-corrected chi connectivity index (χ2v) is 3.17. The lowest BCUT2D eigenvalue weighted by Crippen LogP contribution is -2.06. The number of rotatable bonds is 5. The lowest BCUT2D eigenvalue weighted by atomic mass is 10.0. The first-order valence-corrected chi connectivity index (χ1v) is 4.52. The minimum atomic E-state index is -1.18. The van der Waals surface area contributed by atoms with Crippen molar-refractivity contribution in [1.29, 1.82) is 0 Å². The molecule has 1 rings (SSSR count). The Morgan fingerprint density at radius 2 is 2.24 bits per heavy atom. The first kappa shape index (κ1) is 12.6. The Bertz CT molecular complexity index is 482. The Labute approximate surface area is 95.8 Å². The van der Waals surface area contributed by atoms with Gasteiger partial charge in [-0.25, -0.2) is 0 Å². The van der Waals surface area contributed by atoms with Crippen molar-refractivity contribution in [3.8, 4) is 5.75 Å². The lowest BCUT2D eigenvalue weighted by Gasteiger charge is -2.07. The summed E-state index contributed by atoms with van der Waals surface area (Å²) in [6.07, 6.45) is -0.0626. The predicted octanol–water partition coefficient (Wildman–Crippen LogP) is 1.04. The van der Waals surface area contributed by atoms with E-state index >= 15 is 0 Å². The molecule has 17 heavy (non-hydrogen) atoms. The van der Waals surface area contributed by atoms with Gasteiger partial charge in [0.15, 0.2) is 6.29 Å². The van der Waals surface area contributed by atoms with Crippen molar-refractivity contribution < 1.29 is 24.4 Å². The van der Waals surface area contributed by atoms with Gasteiger partial charge in [-0.15, -0.1) is 0 Å². The average Bonchev–Trinajstić information content (AvgIpc) is 2.26. The summed E-state index contributed by atoms with van der Waals surface area (Å²) in [6, 6.07) is 2.13. The third kappa shape index (κ3) is 2.77. The van der Waals surface area contributed by atoms with Crippen molar-refractivity contribution >= 4 is 17.9 Å². The number of ether oxygens (including phenoxy) is 1. The van der Waals surface area contributed by atoms with E-state index < -0.39 is 17.3 Å². The van der Waals surface area contributed by atoms with Gasteiger partial charge in [-0.2, -0.15) is 0 Å². The highest BCUT2D eigenvalue weighted by Gasteiger charge is 2.18. The van der Waals surface area contributed by atoms with Crippen LogP contribution in [-0.4, -0.2) is 29.4 Å². The molecule has 0 unspecified atom stereocenters. The quantitative estimate of drug-likeness (QED) is 0.467. The number of benzene rings is 1. The molecule has 1 N–H and O–H groups in total. The van der Waals surface area contributed by atoms with Gasteiger partial charge in [0.1, 0.15) is 5.75 Å². The SMILES string of the molecule is COc1cc([N+](=O)[O-])cc(CC(=O)O)c1C=O. The zero-order chi connectivity index (χ0) is 13.0. The fraction of sp³-hybridized carbons (Fsp3) is 0.200. The summed E-state index contributed by atoms with van der Waals surface area (Å²) in [4.78, 5) is 31.4. The molecular formula is C10H9NO6. The van der Waals surface area contributed by atoms with E-state index in [2.05, 4.69) is 0 Å². The van der Waals surface area contributed by atoms with E-state index in [-0.39, 0.29) is 22.6 Å². The molecule has 0 bridgehead atoms. The van der Waals surface area contributed by atoms with Crippen LogP contribution in [0.4, 0.5) is 5.69 Å². The molecule has 0 aliphatic heterocycles. The summed E-state index contributed by atoms with van der Waals surface area (Å²) in [7, 11) is 1.25. The molecule has 7 nitrogen and oxygen atoms in total. The molecule has 1 aromatic carbocycles. The van der Waals surface area contributed by atoms with Gasteiger partial charge in [0.05, 0.1) is 30.1 Å². The molecule has 0 saturated carbocycles. The maximum Gasteiger partial charge on any atom is 0.307 e. The van der Waals surface area contributed by atoms with E-state index in [4.69, 9.17) is 9.84 Å². The first-order chi connectivity index (χ1) is 7.99. The Morgan fingerprint density at radius 1 is 1.59 bits per heavy atom. The van der Waals surface area contributed by atoms with Gasteiger partial charge in [0, 0.05) is 6.07 Å². The minimum absolute atomic E-state index is 0.00884. The second-order valence-electron chi connectivity index (χ2n) is 3.17. The van der Waals surface area contributed by atoms with Crippen molar-refractivity contribution in [3.63, 3.8) is 0 Å². The topological polar surface area (TPSA) is 107 Å². The molecule has 0 heterocycles. The van der Waals surface area contributed by atoms with Crippen molar-refractivity contribution in [2.45, 2.75) is 6.42 Å². The third-order valence-corrected chi connectivity index (χ3v) is 2.10. The molecule has 0 amide bonds. The largest absolute Gasteiger partial charge is 0.496 e. The molecule has 0 radical (unpaired) electrons. The Hall–Kier alpha value is -2.44. The Balaban J connectivity index is 3.41. The van der Waals surface area contributed by atoms with Crippen molar-refractivity contribution in [1.82, 2.24) is 0 Å². The van der Waals surface area contributed by atoms with Crippen molar-refractivity contribution in [3.05, 3.63) is 33.4 Å². The van der Waals surface area contributed by atoms with Crippen LogP contribution in [0.5, 0.6) is 5.75 Å². The van der Waals surface area contributed by atoms with Crippen molar-refractivity contribution in [2.75, 3.05) is 7.11 Å². The molecule has 0 aliphatic carbocycles. The van der Waals surface area contributed by atoms with Crippen LogP contribution in [0.1, 0.15) is 15.9 Å². The molecule has 0 aliphatic rings. The highest BCUT2D eigenvalue weighted by atomic mass is 16.6. The predicted molar refractivity (Wildman–Crippen MR) is 56.4 cm³/mol. The molecule has 90 valence electrons. The minimum Gasteiger partial charge on any atom is -0.496 e. The third-order valence-electron chi connectivity index (χ3n) is 2.10. The lowest BCUT2D eigenvalue weighted by molar-refractivity contribution is -0.385. The standard InChI is InChI=1S/C10H9NO6/c1-17-9-4-7(11(15)16)2-6(3-10(13)14)8(9)5-12/h2,4-5H,3H2,1H3,(H,13,14). The summed E-state index contributed by atoms with van der Waals surface area (Å²) in [5.74, 6) is -1.19. The van der Waals surface area contributed by atoms with Gasteiger partial charge in [0.25, 0.3) is 5.69 Å². The Kier molecular flexibility index (Phi) is 3.76. The number of nitrogens with zero attached hydrogens (tertiary/aromatic N) is 1. The number of nitro groups is 1. The van der Waals surface area contributed by atoms with Crippen LogP contribution in [0.3, 0.4) is 0 Å². The van der Waals surface area contributed by atoms with E-state index in [1.54, 1.807) is 0 Å². The number of aliphatic carboxylic acids is 1. The molecule has 1 aromatic rings. The van der Waals surface area contributed by atoms with Gasteiger partial charge in [-0.1, -0.05) is 0 Å². The van der Waals surface area contributed by atoms with E-state index in [0.29, 0.717) is 6.29 Å². The van der Waals surface area contributed by atoms with Gasteiger partial charge < -0.3 is 9.84 Å². The number of hydrogen-bond acceptors (Lipinski definition) is 5. The number of non-ortho nitro benzene ring substituents is 1. The number of hydrogen-bond donors (Lipinski definition) is 1. The van der Waals surface area contributed by atoms with Gasteiger partial charge in [-0.05, 0) is 5.56 Å². The van der Waals surface area contributed by atoms with Crippen molar-refractivity contribution in [2.24, 2.45) is 0 Å². The monoisotopic (exact) mass is 239 g/mol. The molecule has 7 heteroatoms. The van der Waals surface area contributed by atoms with Crippen LogP contribution in [0.15, 0.2) is 12.1 Å². The van der Waals surface area contributed by atoms with E-state index in [9.17, 15) is 19.7 Å². The fourth-order valence-corrected chi connectivity index (χ4v) is 1.39. The van der Waals surface area contributed by atoms with Crippen LogP contribution in [0, 0.1) is 10.1 Å². The summed E-state index contributed by atoms with van der Waals surface area (Å²) in [6.45, 7) is 0. The molecular weight excluding hydrogens is 230 g/mol. The Morgan fingerprint density at radius 3 is 2.65 bits per heavy atom. The van der Waals surface area contributed by atoms with Gasteiger partial charge in [-0.3, -0.25) is 19.7 Å². The maximum absolute atomic E-state index is 10.8. The number of carbonyl (C=O) groups excluding carboxylic acids is 1. The number of carboxylic acid groups (broad SMARTS) is 1. The number of methoxy groups -OCH3 is 1. The summed E-state index contributed by atoms with van der Waals surface area (Å²) in [5.41, 5.74) is -0.247. The number of nitro benzene ring substituents is 1. The second kappa shape index (κ2) is 5.06. The maximum atomic E-state index is 10.8. The molecule has 0 aromatic heterocycles. The summed E-state index contributed by atoms with van der Waals surface area (Å²) in [5, 5.41) is 19.3. The van der Waals surface area contributed by atoms with Crippen LogP contribution >= 0.6 is 0 Å². The van der Waals surface area contributed by atoms with Crippen LogP contribution in [0.2, 0.25) is 0 Å². The molecule has 0 spiro atoms. The molecule has 0 atom stereocenters. The number of aldehydes is 1. The van der Waals surface area contributed by atoms with Gasteiger partial charge in [0.2, 0.25) is 0 Å². The number of carbonyl (C=O) groups is 2. The van der Waals surface area contributed by atoms with Crippen LogP contribution in [-0.2, 0) is 11.2 Å². The highest BCUT2D eigenvalue weighted by molar-refractivity contribution is 5.85. The summed E-state index contributed by atoms with van der Waals surface area (Å²) >= 11 is 0. The van der Waals surface area contributed by atoms with Crippen LogP contribution < -0.4 is 4.74 Å². The van der Waals surface area contributed by atoms with Gasteiger partial charge >= 0.3 is 5.97 Å². The fourth-order valence-electron chi connectivity index (χ4n) is 1.39. The van der Waals surface area contributed by atoms with E-state index in [1.807, 2.05) is 0 Å². The normalized spacial score (nSPS) is 9.71. The zero-order valence-electron chi connectivity index (χ0n) is 8.87. The summed E-state index contributed by atoms with van der Waals surface area (Å²) < 4.78 is 4.82. The highest BCUT2D eigenvalue weighted by Crippen LogP contribution is 2.27. The first-order valence-electron chi connectivity index (χ1n) is 4.52. The molecule has 0 saturated heterocycles. The van der Waals surface area contributed by atoms with E-state index in [1.165, 1.54) is 7.11 Å². The smallest absolute Gasteiger partial charge is 0.307 e. The molecule has 0 fully saturated rings.